The molecule has 1 aliphatic heterocycles. The molecule has 0 aromatic heterocycles. The largest absolute Gasteiger partial charge is 0.341 e. The highest BCUT2D eigenvalue weighted by Crippen LogP contribution is 2.30. The first-order valence-corrected chi connectivity index (χ1v) is 10.6. The first kappa shape index (κ1) is 20.1. The number of amides is 1. The minimum Gasteiger partial charge on any atom is -0.341 e. The molecule has 2 aliphatic rings. The van der Waals surface area contributed by atoms with Gasteiger partial charge in [-0.15, -0.1) is 0 Å². The fourth-order valence-electron chi connectivity index (χ4n) is 4.57. The zero-order valence-electron chi connectivity index (χ0n) is 16.9. The molecule has 27 heavy (non-hydrogen) atoms. The minimum atomic E-state index is -0.665. The van der Waals surface area contributed by atoms with Crippen molar-refractivity contribution in [2.75, 3.05) is 13.1 Å². The summed E-state index contributed by atoms with van der Waals surface area (Å²) >= 11 is 0. The Morgan fingerprint density at radius 3 is 2.22 bits per heavy atom. The Labute approximate surface area is 163 Å². The third-order valence-corrected chi connectivity index (χ3v) is 6.21. The summed E-state index contributed by atoms with van der Waals surface area (Å²) in [6, 6.07) is 8.09. The van der Waals surface area contributed by atoms with Gasteiger partial charge in [-0.05, 0) is 43.6 Å². The number of rotatable bonds is 5. The number of piperidine rings is 1. The van der Waals surface area contributed by atoms with E-state index in [9.17, 15) is 9.59 Å². The van der Waals surface area contributed by atoms with Crippen molar-refractivity contribution in [3.8, 4) is 0 Å². The quantitative estimate of drug-likeness (QED) is 0.798. The lowest BCUT2D eigenvalue weighted by Crippen LogP contribution is -2.57. The summed E-state index contributed by atoms with van der Waals surface area (Å²) in [6.07, 6.45) is 7.40. The summed E-state index contributed by atoms with van der Waals surface area (Å²) in [5, 5.41) is 0. The SMILES string of the molecule is CC(C)Cc1ccc(C(=O)C2CCN(C(=O)C3(N)CCCCC3)CC2)cc1. The van der Waals surface area contributed by atoms with Crippen LogP contribution >= 0.6 is 0 Å². The maximum atomic E-state index is 12.9. The van der Waals surface area contributed by atoms with Gasteiger partial charge < -0.3 is 10.6 Å². The van der Waals surface area contributed by atoms with Gasteiger partial charge in [0.1, 0.15) is 0 Å². The number of benzene rings is 1. The van der Waals surface area contributed by atoms with Crippen LogP contribution in [0.15, 0.2) is 24.3 Å². The number of carbonyl (C=O) groups excluding carboxylic acids is 2. The van der Waals surface area contributed by atoms with E-state index in [4.69, 9.17) is 5.73 Å². The second-order valence-corrected chi connectivity index (χ2v) is 8.94. The number of nitrogens with two attached hydrogens (primary N) is 1. The molecule has 3 rings (SSSR count). The van der Waals surface area contributed by atoms with Crippen LogP contribution < -0.4 is 5.73 Å². The van der Waals surface area contributed by atoms with Crippen LogP contribution in [0.5, 0.6) is 0 Å². The van der Waals surface area contributed by atoms with E-state index in [1.807, 2.05) is 17.0 Å². The third kappa shape index (κ3) is 4.78. The van der Waals surface area contributed by atoms with Gasteiger partial charge in [-0.25, -0.2) is 0 Å². The van der Waals surface area contributed by atoms with Gasteiger partial charge in [0.25, 0.3) is 0 Å². The fraction of sp³-hybridized carbons (Fsp3) is 0.652. The van der Waals surface area contributed by atoms with Crippen LogP contribution in [0.2, 0.25) is 0 Å². The molecule has 1 aromatic rings. The lowest BCUT2D eigenvalue weighted by molar-refractivity contribution is -0.139. The van der Waals surface area contributed by atoms with Crippen molar-refractivity contribution in [1.82, 2.24) is 4.90 Å². The van der Waals surface area contributed by atoms with Gasteiger partial charge in [0.15, 0.2) is 5.78 Å². The number of ketones is 1. The fourth-order valence-corrected chi connectivity index (χ4v) is 4.57. The molecule has 1 aliphatic carbocycles. The molecule has 1 saturated heterocycles. The van der Waals surface area contributed by atoms with Gasteiger partial charge in [0.05, 0.1) is 5.54 Å². The second-order valence-electron chi connectivity index (χ2n) is 8.94. The smallest absolute Gasteiger partial charge is 0.242 e. The Hall–Kier alpha value is -1.68. The predicted molar refractivity (Wildman–Crippen MR) is 109 cm³/mol. The number of hydrogen-bond donors (Lipinski definition) is 1. The number of likely N-dealkylation sites (tertiary alicyclic amines) is 1. The molecule has 0 spiro atoms. The van der Waals surface area contributed by atoms with Crippen molar-refractivity contribution in [2.45, 2.75) is 70.8 Å². The molecule has 2 fully saturated rings. The maximum absolute atomic E-state index is 12.9. The molecule has 4 nitrogen and oxygen atoms in total. The van der Waals surface area contributed by atoms with E-state index >= 15 is 0 Å². The van der Waals surface area contributed by atoms with Gasteiger partial charge in [-0.1, -0.05) is 57.4 Å². The van der Waals surface area contributed by atoms with E-state index < -0.39 is 5.54 Å². The second kappa shape index (κ2) is 8.55. The number of carbonyl (C=O) groups is 2. The summed E-state index contributed by atoms with van der Waals surface area (Å²) in [5.74, 6) is 0.956. The predicted octanol–water partition coefficient (Wildman–Crippen LogP) is 3.97. The molecule has 1 amide bonds. The molecule has 0 unspecified atom stereocenters. The average molecular weight is 371 g/mol. The maximum Gasteiger partial charge on any atom is 0.242 e. The molecule has 0 bridgehead atoms. The highest BCUT2D eigenvalue weighted by Gasteiger charge is 2.40. The van der Waals surface area contributed by atoms with Crippen molar-refractivity contribution >= 4 is 11.7 Å². The van der Waals surface area contributed by atoms with Gasteiger partial charge in [0, 0.05) is 24.6 Å². The first-order chi connectivity index (χ1) is 12.9. The van der Waals surface area contributed by atoms with Gasteiger partial charge in [0.2, 0.25) is 5.91 Å². The average Bonchev–Trinajstić information content (AvgIpc) is 2.68. The van der Waals surface area contributed by atoms with Crippen molar-refractivity contribution in [1.29, 1.82) is 0 Å². The van der Waals surface area contributed by atoms with Crippen LogP contribution in [0.25, 0.3) is 0 Å². The number of nitrogens with zero attached hydrogens (tertiary/aromatic N) is 1. The van der Waals surface area contributed by atoms with Crippen LogP contribution in [-0.2, 0) is 11.2 Å². The van der Waals surface area contributed by atoms with Gasteiger partial charge in [-0.3, -0.25) is 9.59 Å². The summed E-state index contributed by atoms with van der Waals surface area (Å²) in [7, 11) is 0. The summed E-state index contributed by atoms with van der Waals surface area (Å²) in [4.78, 5) is 27.6. The van der Waals surface area contributed by atoms with E-state index in [0.717, 1.165) is 50.5 Å². The Morgan fingerprint density at radius 2 is 1.67 bits per heavy atom. The monoisotopic (exact) mass is 370 g/mol. The Morgan fingerprint density at radius 1 is 1.07 bits per heavy atom. The molecule has 148 valence electrons. The zero-order valence-corrected chi connectivity index (χ0v) is 16.9. The van der Waals surface area contributed by atoms with Crippen LogP contribution in [-0.4, -0.2) is 35.2 Å². The zero-order chi connectivity index (χ0) is 19.4. The first-order valence-electron chi connectivity index (χ1n) is 10.6. The van der Waals surface area contributed by atoms with E-state index in [1.54, 1.807) is 0 Å². The Bertz CT molecular complexity index is 651. The van der Waals surface area contributed by atoms with E-state index in [1.165, 1.54) is 12.0 Å². The molecule has 4 heteroatoms. The third-order valence-electron chi connectivity index (χ3n) is 6.21. The van der Waals surface area contributed by atoms with Gasteiger partial charge >= 0.3 is 0 Å². The molecular formula is C23H34N2O2. The van der Waals surface area contributed by atoms with E-state index in [-0.39, 0.29) is 17.6 Å². The van der Waals surface area contributed by atoms with Crippen molar-refractivity contribution < 1.29 is 9.59 Å². The van der Waals surface area contributed by atoms with Crippen LogP contribution in [0, 0.1) is 11.8 Å². The van der Waals surface area contributed by atoms with Crippen molar-refractivity contribution in [3.63, 3.8) is 0 Å². The molecule has 0 radical (unpaired) electrons. The van der Waals surface area contributed by atoms with Crippen molar-refractivity contribution in [3.05, 3.63) is 35.4 Å². The summed E-state index contributed by atoms with van der Waals surface area (Å²) < 4.78 is 0. The van der Waals surface area contributed by atoms with Crippen molar-refractivity contribution in [2.24, 2.45) is 17.6 Å². The van der Waals surface area contributed by atoms with Crippen LogP contribution in [0.3, 0.4) is 0 Å². The molecule has 1 heterocycles. The Kier molecular flexibility index (Phi) is 6.36. The topological polar surface area (TPSA) is 63.4 Å². The van der Waals surface area contributed by atoms with Crippen LogP contribution in [0.4, 0.5) is 0 Å². The molecule has 0 atom stereocenters. The lowest BCUT2D eigenvalue weighted by atomic mass is 9.80. The minimum absolute atomic E-state index is 0.0186. The van der Waals surface area contributed by atoms with Gasteiger partial charge in [-0.2, -0.15) is 0 Å². The molecular weight excluding hydrogens is 336 g/mol. The Balaban J connectivity index is 1.55. The highest BCUT2D eigenvalue weighted by atomic mass is 16.2. The standard InChI is InChI=1S/C23H34N2O2/c1-17(2)16-18-6-8-19(9-7-18)21(26)20-10-14-25(15-11-20)22(27)23(24)12-4-3-5-13-23/h6-9,17,20H,3-5,10-16,24H2,1-2H3. The normalized spacial score (nSPS) is 20.7. The molecule has 1 saturated carbocycles. The summed E-state index contributed by atoms with van der Waals surface area (Å²) in [5.41, 5.74) is 7.83. The van der Waals surface area contributed by atoms with E-state index in [2.05, 4.69) is 26.0 Å². The van der Waals surface area contributed by atoms with E-state index in [0.29, 0.717) is 19.0 Å². The lowest BCUT2D eigenvalue weighted by Gasteiger charge is -2.39. The number of Topliss-reactive ketones (excluding diaryl/α,β-unsaturated/α-hetero) is 1. The molecule has 2 N–H and O–H groups in total. The highest BCUT2D eigenvalue weighted by molar-refractivity contribution is 5.98. The molecule has 1 aromatic carbocycles. The van der Waals surface area contributed by atoms with Crippen LogP contribution in [0.1, 0.15) is 74.7 Å². The summed E-state index contributed by atoms with van der Waals surface area (Å²) in [6.45, 7) is 5.71. The number of hydrogen-bond acceptors (Lipinski definition) is 3.